The molecule has 0 amide bonds. The molecule has 3 aromatic carbocycles. The van der Waals surface area contributed by atoms with Gasteiger partial charge in [0.2, 0.25) is 5.88 Å². The van der Waals surface area contributed by atoms with Gasteiger partial charge in [-0.15, -0.1) is 0 Å². The Labute approximate surface area is 185 Å². The highest BCUT2D eigenvalue weighted by atomic mass is 16.5. The third-order valence-electron chi connectivity index (χ3n) is 5.13. The first-order valence-corrected chi connectivity index (χ1v) is 10.0. The smallest absolute Gasteiger partial charge is 0.338 e. The normalized spacial score (nSPS) is 10.7. The van der Waals surface area contributed by atoms with Gasteiger partial charge >= 0.3 is 11.9 Å². The number of carbonyl (C=O) groups is 2. The van der Waals surface area contributed by atoms with Crippen molar-refractivity contribution in [2.75, 3.05) is 7.11 Å². The van der Waals surface area contributed by atoms with Gasteiger partial charge in [-0.2, -0.15) is 0 Å². The molecule has 4 aromatic rings. The molecular weight excluding hydrogens is 406 g/mol. The van der Waals surface area contributed by atoms with Crippen LogP contribution >= 0.6 is 0 Å². The summed E-state index contributed by atoms with van der Waals surface area (Å²) in [5, 5.41) is 11.0. The molecule has 1 aromatic heterocycles. The van der Waals surface area contributed by atoms with Gasteiger partial charge in [-0.3, -0.25) is 0 Å². The van der Waals surface area contributed by atoms with E-state index in [2.05, 4.69) is 4.98 Å². The van der Waals surface area contributed by atoms with Gasteiger partial charge in [0.1, 0.15) is 6.61 Å². The van der Waals surface area contributed by atoms with Crippen LogP contribution in [0.25, 0.3) is 10.8 Å². The van der Waals surface area contributed by atoms with Crippen LogP contribution in [-0.2, 0) is 17.8 Å². The maximum atomic E-state index is 12.6. The lowest BCUT2D eigenvalue weighted by atomic mass is 9.99. The summed E-state index contributed by atoms with van der Waals surface area (Å²) in [6.07, 6.45) is 2.27. The van der Waals surface area contributed by atoms with Gasteiger partial charge in [-0.25, -0.2) is 14.6 Å². The molecule has 1 N–H and O–H groups in total. The minimum absolute atomic E-state index is 0.127. The fraction of sp³-hybridized carbons (Fsp3) is 0.115. The average Bonchev–Trinajstić information content (AvgIpc) is 2.82. The molecule has 0 aliphatic carbocycles. The van der Waals surface area contributed by atoms with E-state index in [-0.39, 0.29) is 12.2 Å². The molecule has 6 nitrogen and oxygen atoms in total. The Morgan fingerprint density at radius 1 is 0.812 bits per heavy atom. The fourth-order valence-corrected chi connectivity index (χ4v) is 3.42. The maximum Gasteiger partial charge on any atom is 0.338 e. The molecule has 0 atom stereocenters. The van der Waals surface area contributed by atoms with Crippen molar-refractivity contribution in [3.63, 3.8) is 0 Å². The minimum atomic E-state index is -0.940. The Kier molecular flexibility index (Phi) is 6.12. The number of rotatable bonds is 7. The topological polar surface area (TPSA) is 85.7 Å². The summed E-state index contributed by atoms with van der Waals surface area (Å²) in [7, 11) is 1.53. The van der Waals surface area contributed by atoms with Crippen LogP contribution in [0.1, 0.15) is 37.4 Å². The number of pyridine rings is 1. The summed E-state index contributed by atoms with van der Waals surface area (Å²) >= 11 is 0. The summed E-state index contributed by atoms with van der Waals surface area (Å²) in [5.74, 6) is -0.878. The highest BCUT2D eigenvalue weighted by Gasteiger charge is 2.10. The standard InChI is InChI=1S/C26H21NO5/c1-31-24-14-19(10-11-27-24)16-32-26(30)22-9-8-20-5-4-18(13-23(20)15-22)12-17-2-6-21(7-3-17)25(28)29/h2-11,13-15H,12,16H2,1H3,(H,28,29). The molecule has 160 valence electrons. The number of aromatic carboxylic acids is 1. The Morgan fingerprint density at radius 3 is 2.28 bits per heavy atom. The first-order chi connectivity index (χ1) is 15.5. The summed E-state index contributed by atoms with van der Waals surface area (Å²) in [6, 6.07) is 21.9. The molecule has 0 saturated heterocycles. The van der Waals surface area contributed by atoms with Crippen LogP contribution in [0.15, 0.2) is 79.0 Å². The first kappa shape index (κ1) is 21.1. The number of esters is 1. The molecule has 0 spiro atoms. The molecular formula is C26H21NO5. The zero-order chi connectivity index (χ0) is 22.5. The monoisotopic (exact) mass is 427 g/mol. The van der Waals surface area contributed by atoms with E-state index in [0.29, 0.717) is 17.9 Å². The van der Waals surface area contributed by atoms with E-state index in [9.17, 15) is 9.59 Å². The number of carboxylic acids is 1. The quantitative estimate of drug-likeness (QED) is 0.423. The highest BCUT2D eigenvalue weighted by Crippen LogP contribution is 2.21. The van der Waals surface area contributed by atoms with Crippen LogP contribution in [0, 0.1) is 0 Å². The molecule has 0 radical (unpaired) electrons. The second kappa shape index (κ2) is 9.31. The highest BCUT2D eigenvalue weighted by molar-refractivity contribution is 5.95. The minimum Gasteiger partial charge on any atom is -0.481 e. The van der Waals surface area contributed by atoms with Crippen LogP contribution in [0.2, 0.25) is 0 Å². The van der Waals surface area contributed by atoms with Crippen LogP contribution in [0.3, 0.4) is 0 Å². The lowest BCUT2D eigenvalue weighted by Crippen LogP contribution is -2.05. The summed E-state index contributed by atoms with van der Waals surface area (Å²) in [5.41, 5.74) is 3.61. The molecule has 1 heterocycles. The number of carboxylic acid groups (broad SMARTS) is 1. The number of nitrogens with zero attached hydrogens (tertiary/aromatic N) is 1. The van der Waals surface area contributed by atoms with E-state index in [4.69, 9.17) is 14.6 Å². The van der Waals surface area contributed by atoms with Gasteiger partial charge in [0, 0.05) is 12.3 Å². The maximum absolute atomic E-state index is 12.6. The van der Waals surface area contributed by atoms with E-state index in [1.807, 2.05) is 42.5 Å². The molecule has 0 saturated carbocycles. The zero-order valence-corrected chi connectivity index (χ0v) is 17.4. The molecule has 0 aliphatic heterocycles. The number of ether oxygens (including phenoxy) is 2. The van der Waals surface area contributed by atoms with Crippen molar-refractivity contribution >= 4 is 22.7 Å². The van der Waals surface area contributed by atoms with E-state index in [1.54, 1.807) is 36.5 Å². The molecule has 4 rings (SSSR count). The predicted molar refractivity (Wildman–Crippen MR) is 120 cm³/mol. The Hall–Kier alpha value is -4.19. The number of hydrogen-bond donors (Lipinski definition) is 1. The fourth-order valence-electron chi connectivity index (χ4n) is 3.42. The van der Waals surface area contributed by atoms with Gasteiger partial charge in [0.15, 0.2) is 0 Å². The van der Waals surface area contributed by atoms with Crippen molar-refractivity contribution in [2.24, 2.45) is 0 Å². The summed E-state index contributed by atoms with van der Waals surface area (Å²) in [4.78, 5) is 27.6. The van der Waals surface area contributed by atoms with Crippen LogP contribution < -0.4 is 4.74 Å². The van der Waals surface area contributed by atoms with Crippen molar-refractivity contribution in [3.05, 3.63) is 107 Å². The van der Waals surface area contributed by atoms with Crippen LogP contribution in [-0.4, -0.2) is 29.1 Å². The van der Waals surface area contributed by atoms with E-state index in [0.717, 1.165) is 27.5 Å². The van der Waals surface area contributed by atoms with E-state index < -0.39 is 11.9 Å². The van der Waals surface area contributed by atoms with Crippen LogP contribution in [0.4, 0.5) is 0 Å². The van der Waals surface area contributed by atoms with Crippen molar-refractivity contribution in [1.29, 1.82) is 0 Å². The molecule has 0 fully saturated rings. The van der Waals surface area contributed by atoms with E-state index >= 15 is 0 Å². The molecule has 0 aliphatic rings. The Balaban J connectivity index is 1.48. The van der Waals surface area contributed by atoms with Crippen molar-refractivity contribution in [3.8, 4) is 5.88 Å². The summed E-state index contributed by atoms with van der Waals surface area (Å²) in [6.45, 7) is 0.127. The number of carbonyl (C=O) groups excluding carboxylic acids is 1. The lowest BCUT2D eigenvalue weighted by molar-refractivity contribution is 0.0472. The van der Waals surface area contributed by atoms with Gasteiger partial charge < -0.3 is 14.6 Å². The summed E-state index contributed by atoms with van der Waals surface area (Å²) < 4.78 is 10.5. The third-order valence-corrected chi connectivity index (χ3v) is 5.13. The number of hydrogen-bond acceptors (Lipinski definition) is 5. The largest absolute Gasteiger partial charge is 0.481 e. The molecule has 0 bridgehead atoms. The van der Waals surface area contributed by atoms with Gasteiger partial charge in [-0.1, -0.05) is 36.4 Å². The number of aromatic nitrogens is 1. The van der Waals surface area contributed by atoms with Crippen molar-refractivity contribution < 1.29 is 24.2 Å². The number of methoxy groups -OCH3 is 1. The number of benzene rings is 3. The SMILES string of the molecule is COc1cc(COC(=O)c2ccc3ccc(Cc4ccc(C(=O)O)cc4)cc3c2)ccn1. The molecule has 0 unspecified atom stereocenters. The lowest BCUT2D eigenvalue weighted by Gasteiger charge is -2.08. The second-order valence-corrected chi connectivity index (χ2v) is 7.36. The second-order valence-electron chi connectivity index (χ2n) is 7.36. The van der Waals surface area contributed by atoms with Crippen molar-refractivity contribution in [2.45, 2.75) is 13.0 Å². The van der Waals surface area contributed by atoms with Gasteiger partial charge in [-0.05, 0) is 64.2 Å². The molecule has 6 heteroatoms. The van der Waals surface area contributed by atoms with Gasteiger partial charge in [0.25, 0.3) is 0 Å². The van der Waals surface area contributed by atoms with E-state index in [1.165, 1.54) is 7.11 Å². The average molecular weight is 427 g/mol. The zero-order valence-electron chi connectivity index (χ0n) is 17.4. The Morgan fingerprint density at radius 2 is 1.53 bits per heavy atom. The van der Waals surface area contributed by atoms with Crippen molar-refractivity contribution in [1.82, 2.24) is 4.98 Å². The first-order valence-electron chi connectivity index (χ1n) is 10.0. The predicted octanol–water partition coefficient (Wildman–Crippen LogP) is 4.89. The Bertz CT molecular complexity index is 1280. The number of fused-ring (bicyclic) bond motifs is 1. The van der Waals surface area contributed by atoms with Crippen LogP contribution in [0.5, 0.6) is 5.88 Å². The third kappa shape index (κ3) is 4.92. The van der Waals surface area contributed by atoms with Gasteiger partial charge in [0.05, 0.1) is 18.2 Å². The molecule has 32 heavy (non-hydrogen) atoms.